The van der Waals surface area contributed by atoms with Gasteiger partial charge in [0.2, 0.25) is 0 Å². The number of rotatable bonds is 1. The lowest BCUT2D eigenvalue weighted by Gasteiger charge is -2.47. The fraction of sp³-hybridized carbons (Fsp3) is 0.714. The molecule has 2 atom stereocenters. The van der Waals surface area contributed by atoms with E-state index in [0.717, 1.165) is 0 Å². The van der Waals surface area contributed by atoms with Gasteiger partial charge in [0.1, 0.15) is 5.60 Å². The highest BCUT2D eigenvalue weighted by Crippen LogP contribution is 2.28. The Morgan fingerprint density at radius 1 is 1.35 bits per heavy atom. The number of carbonyl (C=O) groups is 2. The first-order valence-electron chi connectivity index (χ1n) is 6.82. The zero-order valence-electron chi connectivity index (χ0n) is 12.4. The highest BCUT2D eigenvalue weighted by Gasteiger charge is 2.41. The van der Waals surface area contributed by atoms with E-state index < -0.39 is 11.6 Å². The predicted molar refractivity (Wildman–Crippen MR) is 73.5 cm³/mol. The molecule has 6 nitrogen and oxygen atoms in total. The summed E-state index contributed by atoms with van der Waals surface area (Å²) in [7, 11) is 1.91. The number of aliphatic carboxylic acids is 1. The van der Waals surface area contributed by atoms with Crippen LogP contribution in [0, 0.1) is 0 Å². The lowest BCUT2D eigenvalue weighted by atomic mass is 9.91. The molecule has 2 rings (SSSR count). The van der Waals surface area contributed by atoms with Crippen molar-refractivity contribution in [1.29, 1.82) is 0 Å². The maximum Gasteiger partial charge on any atom is 0.410 e. The zero-order chi connectivity index (χ0) is 15.1. The average molecular weight is 282 g/mol. The number of amides is 1. The van der Waals surface area contributed by atoms with Crippen LogP contribution in [0.2, 0.25) is 0 Å². The number of ether oxygens (including phenoxy) is 1. The third-order valence-corrected chi connectivity index (χ3v) is 3.76. The van der Waals surface area contributed by atoms with Gasteiger partial charge in [-0.25, -0.2) is 9.59 Å². The summed E-state index contributed by atoms with van der Waals surface area (Å²) in [6.07, 6.45) is 2.06. The summed E-state index contributed by atoms with van der Waals surface area (Å²) in [6, 6.07) is -0.100. The van der Waals surface area contributed by atoms with Crippen molar-refractivity contribution in [1.82, 2.24) is 9.80 Å². The van der Waals surface area contributed by atoms with Crippen LogP contribution in [0.4, 0.5) is 4.79 Å². The molecular weight excluding hydrogens is 260 g/mol. The van der Waals surface area contributed by atoms with Crippen molar-refractivity contribution in [3.8, 4) is 0 Å². The van der Waals surface area contributed by atoms with Crippen LogP contribution in [0.25, 0.3) is 0 Å². The van der Waals surface area contributed by atoms with Crippen LogP contribution >= 0.6 is 0 Å². The molecule has 0 radical (unpaired) electrons. The third kappa shape index (κ3) is 2.95. The molecule has 2 heterocycles. The summed E-state index contributed by atoms with van der Waals surface area (Å²) in [6.45, 7) is 6.41. The molecule has 2 unspecified atom stereocenters. The number of fused-ring (bicyclic) bond motifs is 2. The van der Waals surface area contributed by atoms with Crippen LogP contribution in [0.3, 0.4) is 0 Å². The van der Waals surface area contributed by atoms with Gasteiger partial charge in [0.15, 0.2) is 0 Å². The number of hydrogen-bond donors (Lipinski definition) is 1. The first kappa shape index (κ1) is 14.8. The van der Waals surface area contributed by atoms with E-state index in [0.29, 0.717) is 25.1 Å². The number of carboxylic acid groups (broad SMARTS) is 1. The normalized spacial score (nSPS) is 27.0. The molecular formula is C14H22N2O4. The third-order valence-electron chi connectivity index (χ3n) is 3.76. The molecule has 112 valence electrons. The quantitative estimate of drug-likeness (QED) is 0.785. The highest BCUT2D eigenvalue weighted by molar-refractivity contribution is 5.88. The van der Waals surface area contributed by atoms with E-state index in [2.05, 4.69) is 0 Å². The molecule has 20 heavy (non-hydrogen) atoms. The van der Waals surface area contributed by atoms with Crippen molar-refractivity contribution in [2.45, 2.75) is 44.9 Å². The molecule has 0 aromatic carbocycles. The van der Waals surface area contributed by atoms with Gasteiger partial charge in [-0.3, -0.25) is 4.90 Å². The number of carboxylic acids is 1. The number of piperazine rings is 1. The largest absolute Gasteiger partial charge is 0.478 e. The minimum absolute atomic E-state index is 0.157. The van der Waals surface area contributed by atoms with Crippen molar-refractivity contribution in [3.63, 3.8) is 0 Å². The molecule has 6 heteroatoms. The van der Waals surface area contributed by atoms with E-state index in [1.54, 1.807) is 11.0 Å². The summed E-state index contributed by atoms with van der Waals surface area (Å²) in [4.78, 5) is 27.1. The first-order chi connectivity index (χ1) is 9.19. The molecule has 0 aliphatic carbocycles. The Hall–Kier alpha value is -1.56. The van der Waals surface area contributed by atoms with Gasteiger partial charge < -0.3 is 14.7 Å². The van der Waals surface area contributed by atoms with Gasteiger partial charge in [-0.05, 0) is 34.2 Å². The minimum Gasteiger partial charge on any atom is -0.478 e. The Labute approximate surface area is 119 Å². The number of carbonyl (C=O) groups excluding carboxylic acids is 1. The Morgan fingerprint density at radius 3 is 2.55 bits per heavy atom. The standard InChI is InChI=1S/C14H22N2O4/c1-14(2,3)20-13(19)16-7-9-5-6-10(12(17)18)11(8-16)15(9)4/h6,9,11H,5,7-8H2,1-4H3,(H,17,18). The second kappa shape index (κ2) is 5.09. The van der Waals surface area contributed by atoms with Crippen molar-refractivity contribution >= 4 is 12.1 Å². The van der Waals surface area contributed by atoms with Crippen LogP contribution < -0.4 is 0 Å². The fourth-order valence-electron chi connectivity index (χ4n) is 2.71. The molecule has 1 saturated heterocycles. The van der Waals surface area contributed by atoms with E-state index in [1.165, 1.54) is 0 Å². The number of hydrogen-bond acceptors (Lipinski definition) is 4. The van der Waals surface area contributed by atoms with Crippen LogP contribution in [0.5, 0.6) is 0 Å². The maximum atomic E-state index is 12.1. The molecule has 0 aromatic rings. The minimum atomic E-state index is -0.911. The van der Waals surface area contributed by atoms with Gasteiger partial charge in [-0.1, -0.05) is 6.08 Å². The SMILES string of the molecule is CN1C2CC=C(C(=O)O)C1CN(C(=O)OC(C)(C)C)C2. The van der Waals surface area contributed by atoms with Gasteiger partial charge in [-0.15, -0.1) is 0 Å². The molecule has 2 aliphatic rings. The summed E-state index contributed by atoms with van der Waals surface area (Å²) in [5.74, 6) is -0.911. The van der Waals surface area contributed by atoms with Crippen molar-refractivity contribution < 1.29 is 19.4 Å². The summed E-state index contributed by atoms with van der Waals surface area (Å²) in [5, 5.41) is 9.25. The maximum absolute atomic E-state index is 12.1. The Morgan fingerprint density at radius 2 is 2.00 bits per heavy atom. The summed E-state index contributed by atoms with van der Waals surface area (Å²) < 4.78 is 5.37. The first-order valence-corrected chi connectivity index (χ1v) is 6.82. The second-order valence-corrected chi connectivity index (χ2v) is 6.42. The fourth-order valence-corrected chi connectivity index (χ4v) is 2.71. The van der Waals surface area contributed by atoms with Crippen molar-refractivity contribution in [2.75, 3.05) is 20.1 Å². The molecule has 1 amide bonds. The van der Waals surface area contributed by atoms with E-state index in [9.17, 15) is 14.7 Å². The van der Waals surface area contributed by atoms with Gasteiger partial charge in [0.05, 0.1) is 11.6 Å². The molecule has 0 aromatic heterocycles. The molecule has 1 fully saturated rings. The van der Waals surface area contributed by atoms with Gasteiger partial charge in [0.25, 0.3) is 0 Å². The van der Waals surface area contributed by atoms with Crippen LogP contribution in [0.1, 0.15) is 27.2 Å². The molecule has 0 saturated carbocycles. The predicted octanol–water partition coefficient (Wildman–Crippen LogP) is 1.32. The van der Waals surface area contributed by atoms with Crippen molar-refractivity contribution in [3.05, 3.63) is 11.6 Å². The van der Waals surface area contributed by atoms with Gasteiger partial charge in [0, 0.05) is 19.1 Å². The van der Waals surface area contributed by atoms with E-state index in [1.807, 2.05) is 32.7 Å². The average Bonchev–Trinajstić information content (AvgIpc) is 2.25. The molecule has 2 aliphatic heterocycles. The lowest BCUT2D eigenvalue weighted by Crippen LogP contribution is -2.61. The molecule has 1 N–H and O–H groups in total. The summed E-state index contributed by atoms with van der Waals surface area (Å²) in [5.41, 5.74) is -0.168. The van der Waals surface area contributed by atoms with E-state index in [-0.39, 0.29) is 18.2 Å². The number of likely N-dealkylation sites (N-methyl/N-ethyl adjacent to an activating group) is 1. The molecule has 2 bridgehead atoms. The van der Waals surface area contributed by atoms with E-state index in [4.69, 9.17) is 4.74 Å². The zero-order valence-corrected chi connectivity index (χ0v) is 12.4. The van der Waals surface area contributed by atoms with Crippen LogP contribution in [0.15, 0.2) is 11.6 Å². The van der Waals surface area contributed by atoms with Gasteiger partial charge >= 0.3 is 12.1 Å². The highest BCUT2D eigenvalue weighted by atomic mass is 16.6. The van der Waals surface area contributed by atoms with Crippen LogP contribution in [-0.2, 0) is 9.53 Å². The Bertz CT molecular complexity index is 453. The Balaban J connectivity index is 2.14. The Kier molecular flexibility index (Phi) is 3.77. The van der Waals surface area contributed by atoms with Crippen LogP contribution in [-0.4, -0.2) is 64.8 Å². The summed E-state index contributed by atoms with van der Waals surface area (Å²) >= 11 is 0. The lowest BCUT2D eigenvalue weighted by molar-refractivity contribution is -0.134. The topological polar surface area (TPSA) is 70.1 Å². The van der Waals surface area contributed by atoms with Gasteiger partial charge in [-0.2, -0.15) is 0 Å². The monoisotopic (exact) mass is 282 g/mol. The number of nitrogens with zero attached hydrogens (tertiary/aromatic N) is 2. The smallest absolute Gasteiger partial charge is 0.410 e. The van der Waals surface area contributed by atoms with Crippen molar-refractivity contribution in [2.24, 2.45) is 0 Å². The van der Waals surface area contributed by atoms with E-state index >= 15 is 0 Å². The second-order valence-electron chi connectivity index (χ2n) is 6.42. The molecule has 0 spiro atoms.